The van der Waals surface area contributed by atoms with E-state index < -0.39 is 6.03 Å². The van der Waals surface area contributed by atoms with Crippen LogP contribution in [0.5, 0.6) is 5.88 Å². The average molecular weight is 334 g/mol. The highest BCUT2D eigenvalue weighted by Gasteiger charge is 2.27. The highest BCUT2D eigenvalue weighted by molar-refractivity contribution is 5.96. The molecule has 2 N–H and O–H groups in total. The first-order chi connectivity index (χ1) is 11.6. The predicted octanol–water partition coefficient (Wildman–Crippen LogP) is 1.41. The number of ether oxygens (including phenoxy) is 1. The van der Waals surface area contributed by atoms with E-state index in [1.165, 1.54) is 0 Å². The minimum atomic E-state index is -0.437. The molecule has 7 heteroatoms. The van der Waals surface area contributed by atoms with E-state index in [4.69, 9.17) is 4.74 Å². The summed E-state index contributed by atoms with van der Waals surface area (Å²) in [5.41, 5.74) is 0. The maximum absolute atomic E-state index is 12.1. The monoisotopic (exact) mass is 334 g/mol. The molecule has 132 valence electrons. The van der Waals surface area contributed by atoms with Crippen molar-refractivity contribution >= 4 is 11.9 Å². The third-order valence-corrected chi connectivity index (χ3v) is 4.26. The molecule has 24 heavy (non-hydrogen) atoms. The van der Waals surface area contributed by atoms with Gasteiger partial charge in [0.15, 0.2) is 0 Å². The summed E-state index contributed by atoms with van der Waals surface area (Å²) in [6, 6.07) is 4.86. The number of piperidine rings is 1. The van der Waals surface area contributed by atoms with Gasteiger partial charge in [0.1, 0.15) is 0 Å². The van der Waals surface area contributed by atoms with Gasteiger partial charge in [-0.2, -0.15) is 0 Å². The third kappa shape index (κ3) is 5.49. The topological polar surface area (TPSA) is 83.6 Å². The van der Waals surface area contributed by atoms with E-state index in [-0.39, 0.29) is 11.9 Å². The van der Waals surface area contributed by atoms with Crippen molar-refractivity contribution in [2.24, 2.45) is 5.92 Å². The van der Waals surface area contributed by atoms with Crippen LogP contribution in [0.15, 0.2) is 24.4 Å². The molecule has 1 unspecified atom stereocenters. The quantitative estimate of drug-likeness (QED) is 0.822. The fraction of sp³-hybridized carbons (Fsp3) is 0.588. The van der Waals surface area contributed by atoms with Crippen molar-refractivity contribution in [1.82, 2.24) is 20.5 Å². The van der Waals surface area contributed by atoms with Crippen molar-refractivity contribution in [2.75, 3.05) is 26.2 Å². The average Bonchev–Trinajstić information content (AvgIpc) is 2.61. The molecule has 1 fully saturated rings. The molecule has 2 heterocycles. The maximum atomic E-state index is 12.1. The number of carbonyl (C=O) groups is 2. The summed E-state index contributed by atoms with van der Waals surface area (Å²) in [6.45, 7) is 6.42. The second kappa shape index (κ2) is 9.22. The molecule has 1 aromatic heterocycles. The minimum absolute atomic E-state index is 0.260. The number of nitrogens with zero attached hydrogens (tertiary/aromatic N) is 2. The summed E-state index contributed by atoms with van der Waals surface area (Å²) in [6.07, 6.45) is 3.64. The first kappa shape index (κ1) is 18.2. The molecule has 1 aromatic rings. The number of nitrogens with one attached hydrogen (secondary N) is 2. The molecule has 2 rings (SSSR count). The Labute approximate surface area is 142 Å². The van der Waals surface area contributed by atoms with Crippen molar-refractivity contribution in [1.29, 1.82) is 0 Å². The zero-order valence-corrected chi connectivity index (χ0v) is 14.3. The van der Waals surface area contributed by atoms with Crippen molar-refractivity contribution < 1.29 is 14.3 Å². The van der Waals surface area contributed by atoms with Crippen LogP contribution in [0.1, 0.15) is 26.7 Å². The first-order valence-corrected chi connectivity index (χ1v) is 8.46. The largest absolute Gasteiger partial charge is 0.477 e. The lowest BCUT2D eigenvalue weighted by molar-refractivity contribution is -0.125. The smallest absolute Gasteiger partial charge is 0.321 e. The van der Waals surface area contributed by atoms with Gasteiger partial charge in [-0.1, -0.05) is 6.07 Å². The van der Waals surface area contributed by atoms with Gasteiger partial charge in [-0.05, 0) is 51.8 Å². The Balaban J connectivity index is 1.71. The summed E-state index contributed by atoms with van der Waals surface area (Å²) >= 11 is 0. The molecule has 0 radical (unpaired) electrons. The lowest BCUT2D eigenvalue weighted by Crippen LogP contribution is -2.51. The fourth-order valence-electron chi connectivity index (χ4n) is 2.73. The Hall–Kier alpha value is -2.15. The Morgan fingerprint density at radius 1 is 1.38 bits per heavy atom. The van der Waals surface area contributed by atoms with Crippen molar-refractivity contribution in [3.05, 3.63) is 24.4 Å². The first-order valence-electron chi connectivity index (χ1n) is 8.46. The third-order valence-electron chi connectivity index (χ3n) is 4.26. The number of aromatic nitrogens is 1. The summed E-state index contributed by atoms with van der Waals surface area (Å²) in [4.78, 5) is 29.8. The molecular formula is C17H26N4O3. The van der Waals surface area contributed by atoms with Crippen LogP contribution in [0, 0.1) is 5.92 Å². The lowest BCUT2D eigenvalue weighted by atomic mass is 9.96. The molecule has 0 aliphatic carbocycles. The van der Waals surface area contributed by atoms with E-state index in [9.17, 15) is 9.59 Å². The number of urea groups is 1. The van der Waals surface area contributed by atoms with E-state index in [1.807, 2.05) is 32.0 Å². The van der Waals surface area contributed by atoms with E-state index in [1.54, 1.807) is 6.20 Å². The number of likely N-dealkylation sites (tertiary alicyclic amines) is 1. The number of hydrogen-bond acceptors (Lipinski definition) is 5. The SMILES string of the molecule is CCNC(=O)NC(=O)C(C)N1CCC(COc2ccccn2)CC1. The van der Waals surface area contributed by atoms with Crippen LogP contribution in [-0.4, -0.2) is 54.1 Å². The van der Waals surface area contributed by atoms with Crippen molar-refractivity contribution in [3.63, 3.8) is 0 Å². The van der Waals surface area contributed by atoms with Gasteiger partial charge in [0.2, 0.25) is 11.8 Å². The van der Waals surface area contributed by atoms with E-state index in [0.717, 1.165) is 25.9 Å². The van der Waals surface area contributed by atoms with Crippen molar-refractivity contribution in [2.45, 2.75) is 32.7 Å². The van der Waals surface area contributed by atoms with E-state index in [0.29, 0.717) is 24.9 Å². The molecule has 0 bridgehead atoms. The summed E-state index contributed by atoms with van der Waals surface area (Å²) in [7, 11) is 0. The van der Waals surface area contributed by atoms with Crippen LogP contribution in [-0.2, 0) is 4.79 Å². The Morgan fingerprint density at radius 2 is 2.12 bits per heavy atom. The minimum Gasteiger partial charge on any atom is -0.477 e. The van der Waals surface area contributed by atoms with Gasteiger partial charge in [-0.15, -0.1) is 0 Å². The fourth-order valence-corrected chi connectivity index (χ4v) is 2.73. The zero-order chi connectivity index (χ0) is 17.4. The number of hydrogen-bond donors (Lipinski definition) is 2. The number of rotatable bonds is 6. The van der Waals surface area contributed by atoms with E-state index in [2.05, 4.69) is 20.5 Å². The summed E-state index contributed by atoms with van der Waals surface area (Å²) in [5.74, 6) is 0.848. The Morgan fingerprint density at radius 3 is 2.75 bits per heavy atom. The van der Waals surface area contributed by atoms with Crippen LogP contribution in [0.2, 0.25) is 0 Å². The van der Waals surface area contributed by atoms with Gasteiger partial charge >= 0.3 is 6.03 Å². The van der Waals surface area contributed by atoms with Crippen molar-refractivity contribution in [3.8, 4) is 5.88 Å². The summed E-state index contributed by atoms with van der Waals surface area (Å²) < 4.78 is 5.71. The van der Waals surface area contributed by atoms with Crippen LogP contribution in [0.25, 0.3) is 0 Å². The standard InChI is InChI=1S/C17H26N4O3/c1-3-18-17(23)20-16(22)13(2)21-10-7-14(8-11-21)12-24-15-6-4-5-9-19-15/h4-6,9,13-14H,3,7-8,10-12H2,1-2H3,(H2,18,20,22,23). The van der Waals surface area contributed by atoms with Crippen LogP contribution in [0.3, 0.4) is 0 Å². The van der Waals surface area contributed by atoms with Gasteiger partial charge in [0, 0.05) is 18.8 Å². The molecule has 1 aliphatic heterocycles. The normalized spacial score (nSPS) is 17.1. The van der Waals surface area contributed by atoms with Gasteiger partial charge in [0.05, 0.1) is 12.6 Å². The second-order valence-corrected chi connectivity index (χ2v) is 5.98. The molecule has 1 saturated heterocycles. The van der Waals surface area contributed by atoms with Crippen LogP contribution < -0.4 is 15.4 Å². The van der Waals surface area contributed by atoms with E-state index >= 15 is 0 Å². The highest BCUT2D eigenvalue weighted by Crippen LogP contribution is 2.20. The molecule has 0 saturated carbocycles. The maximum Gasteiger partial charge on any atom is 0.321 e. The number of pyridine rings is 1. The second-order valence-electron chi connectivity index (χ2n) is 5.98. The molecule has 0 aromatic carbocycles. The molecule has 0 spiro atoms. The molecular weight excluding hydrogens is 308 g/mol. The Bertz CT molecular complexity index is 530. The number of amides is 3. The highest BCUT2D eigenvalue weighted by atomic mass is 16.5. The van der Waals surface area contributed by atoms with Crippen LogP contribution >= 0.6 is 0 Å². The number of carbonyl (C=O) groups excluding carboxylic acids is 2. The molecule has 3 amide bonds. The van der Waals surface area contributed by atoms with Gasteiger partial charge in [0.25, 0.3) is 0 Å². The molecule has 1 atom stereocenters. The lowest BCUT2D eigenvalue weighted by Gasteiger charge is -2.35. The molecule has 7 nitrogen and oxygen atoms in total. The van der Waals surface area contributed by atoms with Gasteiger partial charge in [-0.3, -0.25) is 15.0 Å². The van der Waals surface area contributed by atoms with Gasteiger partial charge in [-0.25, -0.2) is 9.78 Å². The predicted molar refractivity (Wildman–Crippen MR) is 90.7 cm³/mol. The van der Waals surface area contributed by atoms with Gasteiger partial charge < -0.3 is 10.1 Å². The number of imide groups is 1. The Kier molecular flexibility index (Phi) is 6.99. The van der Waals surface area contributed by atoms with Crippen LogP contribution in [0.4, 0.5) is 4.79 Å². The summed E-state index contributed by atoms with van der Waals surface area (Å²) in [5, 5.41) is 4.93. The molecule has 1 aliphatic rings. The zero-order valence-electron chi connectivity index (χ0n) is 14.3.